The molecule has 1 amide bonds. The van der Waals surface area contributed by atoms with Crippen molar-refractivity contribution in [2.45, 2.75) is 18.3 Å². The SMILES string of the molecule is COc1ccccc1C1C(C(=O)O)C(c2ccccc2OC)C1C(=O)Oc1cccc(-c2ccc3c(c2)NC(=O)C3)c1. The molecule has 0 radical (unpaired) electrons. The number of nitrogens with one attached hydrogen (secondary N) is 1. The largest absolute Gasteiger partial charge is 0.496 e. The van der Waals surface area contributed by atoms with E-state index >= 15 is 0 Å². The summed E-state index contributed by atoms with van der Waals surface area (Å²) in [6, 6.07) is 27.2. The maximum Gasteiger partial charge on any atom is 0.315 e. The molecule has 8 nitrogen and oxygen atoms in total. The third-order valence-corrected chi connectivity index (χ3v) is 8.22. The predicted octanol–water partition coefficient (Wildman–Crippen LogP) is 5.67. The minimum absolute atomic E-state index is 0.0424. The molecule has 0 bridgehead atoms. The highest BCUT2D eigenvalue weighted by atomic mass is 16.5. The Morgan fingerprint density at radius 2 is 1.38 bits per heavy atom. The zero-order valence-corrected chi connectivity index (χ0v) is 23.1. The van der Waals surface area contributed by atoms with Crippen LogP contribution in [0.4, 0.5) is 5.69 Å². The summed E-state index contributed by atoms with van der Waals surface area (Å²) in [6.07, 6.45) is 0.354. The molecule has 1 fully saturated rings. The first kappa shape index (κ1) is 27.1. The van der Waals surface area contributed by atoms with E-state index < -0.39 is 35.6 Å². The first-order valence-electron chi connectivity index (χ1n) is 13.6. The van der Waals surface area contributed by atoms with Crippen LogP contribution in [0, 0.1) is 11.8 Å². The third-order valence-electron chi connectivity index (χ3n) is 8.22. The minimum Gasteiger partial charge on any atom is -0.496 e. The van der Waals surface area contributed by atoms with E-state index in [0.717, 1.165) is 22.4 Å². The second kappa shape index (κ2) is 11.0. The molecule has 2 atom stereocenters. The van der Waals surface area contributed by atoms with Gasteiger partial charge in [0.05, 0.1) is 32.5 Å². The Balaban J connectivity index is 1.36. The van der Waals surface area contributed by atoms with E-state index in [2.05, 4.69) is 5.32 Å². The van der Waals surface area contributed by atoms with Crippen LogP contribution in [0.1, 0.15) is 28.5 Å². The molecule has 42 heavy (non-hydrogen) atoms. The number of ether oxygens (including phenoxy) is 3. The van der Waals surface area contributed by atoms with Crippen molar-refractivity contribution in [3.05, 3.63) is 108 Å². The van der Waals surface area contributed by atoms with Gasteiger partial charge in [-0.05, 0) is 58.1 Å². The molecule has 6 rings (SSSR count). The first-order chi connectivity index (χ1) is 20.4. The number of aliphatic carboxylic acids is 1. The second-order valence-electron chi connectivity index (χ2n) is 10.5. The first-order valence-corrected chi connectivity index (χ1v) is 13.6. The fourth-order valence-electron chi connectivity index (χ4n) is 6.32. The lowest BCUT2D eigenvalue weighted by Crippen LogP contribution is -2.52. The van der Waals surface area contributed by atoms with Crippen LogP contribution in [0.2, 0.25) is 0 Å². The van der Waals surface area contributed by atoms with E-state index in [4.69, 9.17) is 14.2 Å². The van der Waals surface area contributed by atoms with E-state index in [-0.39, 0.29) is 5.91 Å². The number of benzene rings is 4. The molecule has 1 aliphatic heterocycles. The maximum atomic E-state index is 14.0. The Labute approximate surface area is 242 Å². The summed E-state index contributed by atoms with van der Waals surface area (Å²) in [5.74, 6) is -3.37. The van der Waals surface area contributed by atoms with Crippen molar-refractivity contribution in [1.29, 1.82) is 0 Å². The zero-order chi connectivity index (χ0) is 29.4. The van der Waals surface area contributed by atoms with Gasteiger partial charge in [-0.1, -0.05) is 60.7 Å². The van der Waals surface area contributed by atoms with Gasteiger partial charge in [0.15, 0.2) is 0 Å². The number of carboxylic acid groups (broad SMARTS) is 1. The maximum absolute atomic E-state index is 14.0. The molecule has 4 aromatic rings. The molecular weight excluding hydrogens is 534 g/mol. The number of anilines is 1. The van der Waals surface area contributed by atoms with E-state index in [1.807, 2.05) is 24.3 Å². The van der Waals surface area contributed by atoms with Crippen LogP contribution in [0.3, 0.4) is 0 Å². The summed E-state index contributed by atoms with van der Waals surface area (Å²) < 4.78 is 17.1. The van der Waals surface area contributed by atoms with E-state index in [1.165, 1.54) is 14.2 Å². The summed E-state index contributed by atoms with van der Waals surface area (Å²) in [5, 5.41) is 13.3. The van der Waals surface area contributed by atoms with Gasteiger partial charge >= 0.3 is 11.9 Å². The van der Waals surface area contributed by atoms with Crippen molar-refractivity contribution in [2.75, 3.05) is 19.5 Å². The molecule has 1 aliphatic carbocycles. The summed E-state index contributed by atoms with van der Waals surface area (Å²) in [7, 11) is 3.04. The smallest absolute Gasteiger partial charge is 0.315 e. The third kappa shape index (κ3) is 4.75. The number of rotatable bonds is 8. The van der Waals surface area contributed by atoms with Crippen LogP contribution in [0.15, 0.2) is 91.0 Å². The Kier molecular flexibility index (Phi) is 7.12. The van der Waals surface area contributed by atoms with Crippen LogP contribution >= 0.6 is 0 Å². The van der Waals surface area contributed by atoms with Gasteiger partial charge in [-0.15, -0.1) is 0 Å². The summed E-state index contributed by atoms with van der Waals surface area (Å²) in [5.41, 5.74) is 4.65. The number of fused-ring (bicyclic) bond motifs is 1. The molecule has 0 spiro atoms. The highest BCUT2D eigenvalue weighted by molar-refractivity contribution is 6.00. The van der Waals surface area contributed by atoms with Crippen molar-refractivity contribution in [3.63, 3.8) is 0 Å². The van der Waals surface area contributed by atoms with Gasteiger partial charge in [-0.2, -0.15) is 0 Å². The Morgan fingerprint density at radius 1 is 0.762 bits per heavy atom. The molecule has 4 aromatic carbocycles. The number of hydrogen-bond acceptors (Lipinski definition) is 6. The molecule has 2 unspecified atom stereocenters. The lowest BCUT2D eigenvalue weighted by Gasteiger charge is -2.49. The van der Waals surface area contributed by atoms with Gasteiger partial charge in [0.1, 0.15) is 17.2 Å². The fourth-order valence-corrected chi connectivity index (χ4v) is 6.32. The molecular formula is C34H29NO7. The molecule has 1 heterocycles. The van der Waals surface area contributed by atoms with E-state index in [0.29, 0.717) is 34.8 Å². The number of para-hydroxylation sites is 2. The molecule has 8 heteroatoms. The number of methoxy groups -OCH3 is 2. The van der Waals surface area contributed by atoms with Crippen molar-refractivity contribution < 1.29 is 33.7 Å². The predicted molar refractivity (Wildman–Crippen MR) is 156 cm³/mol. The zero-order valence-electron chi connectivity index (χ0n) is 23.1. The monoisotopic (exact) mass is 563 g/mol. The van der Waals surface area contributed by atoms with Gasteiger partial charge in [-0.3, -0.25) is 14.4 Å². The number of hydrogen-bond donors (Lipinski definition) is 2. The van der Waals surface area contributed by atoms with Crippen molar-refractivity contribution in [2.24, 2.45) is 11.8 Å². The van der Waals surface area contributed by atoms with E-state index in [9.17, 15) is 19.5 Å². The Bertz CT molecular complexity index is 1640. The van der Waals surface area contributed by atoms with Crippen LogP contribution in [-0.4, -0.2) is 37.2 Å². The van der Waals surface area contributed by atoms with Crippen LogP contribution in [-0.2, 0) is 20.8 Å². The van der Waals surface area contributed by atoms with Gasteiger partial charge in [0, 0.05) is 17.5 Å². The van der Waals surface area contributed by atoms with Gasteiger partial charge < -0.3 is 24.6 Å². The lowest BCUT2D eigenvalue weighted by atomic mass is 9.52. The van der Waals surface area contributed by atoms with Crippen molar-refractivity contribution in [3.8, 4) is 28.4 Å². The molecule has 0 aromatic heterocycles. The van der Waals surface area contributed by atoms with Crippen molar-refractivity contribution >= 4 is 23.5 Å². The highest BCUT2D eigenvalue weighted by Crippen LogP contribution is 2.60. The van der Waals surface area contributed by atoms with Crippen LogP contribution in [0.5, 0.6) is 17.2 Å². The Morgan fingerprint density at radius 3 is 2.00 bits per heavy atom. The molecule has 2 N–H and O–H groups in total. The highest BCUT2D eigenvalue weighted by Gasteiger charge is 2.60. The Hall–Kier alpha value is -5.11. The summed E-state index contributed by atoms with van der Waals surface area (Å²) in [4.78, 5) is 38.5. The van der Waals surface area contributed by atoms with Gasteiger partial charge in [0.25, 0.3) is 0 Å². The molecule has 1 saturated carbocycles. The second-order valence-corrected chi connectivity index (χ2v) is 10.5. The van der Waals surface area contributed by atoms with Crippen LogP contribution < -0.4 is 19.5 Å². The average molecular weight is 564 g/mol. The fraction of sp³-hybridized carbons (Fsp3) is 0.206. The topological polar surface area (TPSA) is 111 Å². The van der Waals surface area contributed by atoms with Gasteiger partial charge in [-0.25, -0.2) is 0 Å². The molecule has 212 valence electrons. The van der Waals surface area contributed by atoms with Crippen LogP contribution in [0.25, 0.3) is 11.1 Å². The quantitative estimate of drug-likeness (QED) is 0.210. The molecule has 0 saturated heterocycles. The standard InChI is InChI=1S/C34H29NO7/c1-40-26-12-5-3-10-23(26)29-31(33(37)38)30(24-11-4-6-13-27(24)41-2)32(29)34(39)42-22-9-7-8-19(16-22)20-14-15-21-18-28(36)35-25(21)17-20/h3-17,29-32H,18H2,1-2H3,(H,35,36)(H,37,38). The van der Waals surface area contributed by atoms with E-state index in [1.54, 1.807) is 66.7 Å². The number of amides is 1. The van der Waals surface area contributed by atoms with Crippen molar-refractivity contribution in [1.82, 2.24) is 0 Å². The summed E-state index contributed by atoms with van der Waals surface area (Å²) in [6.45, 7) is 0. The van der Waals surface area contributed by atoms with Gasteiger partial charge in [0.2, 0.25) is 5.91 Å². The number of esters is 1. The molecule has 2 aliphatic rings. The number of carbonyl (C=O) groups is 3. The number of carbonyl (C=O) groups excluding carboxylic acids is 2. The normalized spacial score (nSPS) is 20.6. The average Bonchev–Trinajstić information content (AvgIpc) is 3.36. The number of carboxylic acids is 1. The summed E-state index contributed by atoms with van der Waals surface area (Å²) >= 11 is 0. The lowest BCUT2D eigenvalue weighted by molar-refractivity contribution is -0.158. The minimum atomic E-state index is -1.02.